The number of carbonyl (C=O) groups is 2. The Morgan fingerprint density at radius 1 is 1.19 bits per heavy atom. The van der Waals surface area contributed by atoms with Crippen LogP contribution in [0.4, 0.5) is 10.2 Å². The second kappa shape index (κ2) is 7.08. The third-order valence-corrected chi connectivity index (χ3v) is 3.35. The summed E-state index contributed by atoms with van der Waals surface area (Å²) in [5.41, 5.74) is 0.575. The largest absolute Gasteiger partial charge is 0.310 e. The molecule has 0 aliphatic rings. The van der Waals surface area contributed by atoms with Crippen LogP contribution in [0.3, 0.4) is 0 Å². The van der Waals surface area contributed by atoms with Crippen molar-refractivity contribution in [2.24, 2.45) is 0 Å². The van der Waals surface area contributed by atoms with Crippen molar-refractivity contribution in [1.29, 1.82) is 0 Å². The van der Waals surface area contributed by atoms with Crippen molar-refractivity contribution in [1.82, 2.24) is 4.98 Å². The van der Waals surface area contributed by atoms with E-state index in [-0.39, 0.29) is 30.3 Å². The molecule has 1 amide bonds. The summed E-state index contributed by atoms with van der Waals surface area (Å²) in [6.45, 7) is 0. The van der Waals surface area contributed by atoms with Crippen LogP contribution in [-0.4, -0.2) is 16.7 Å². The molecule has 0 fully saturated rings. The summed E-state index contributed by atoms with van der Waals surface area (Å²) in [5.74, 6) is -0.719. The van der Waals surface area contributed by atoms with E-state index in [1.807, 2.05) is 6.07 Å². The lowest BCUT2D eigenvalue weighted by Gasteiger charge is -2.06. The zero-order chi connectivity index (χ0) is 15.2. The van der Waals surface area contributed by atoms with E-state index >= 15 is 0 Å². The van der Waals surface area contributed by atoms with Crippen molar-refractivity contribution in [3.05, 3.63) is 58.4 Å². The highest BCUT2D eigenvalue weighted by Gasteiger charge is 2.11. The third-order valence-electron chi connectivity index (χ3n) is 2.74. The molecule has 0 aliphatic carbocycles. The number of aromatic nitrogens is 1. The average Bonchev–Trinajstić information content (AvgIpc) is 2.48. The topological polar surface area (TPSA) is 59.1 Å². The Kier molecular flexibility index (Phi) is 5.16. The fourth-order valence-electron chi connectivity index (χ4n) is 1.70. The van der Waals surface area contributed by atoms with Crippen molar-refractivity contribution in [2.75, 3.05) is 5.32 Å². The highest BCUT2D eigenvalue weighted by Crippen LogP contribution is 2.20. The maximum Gasteiger partial charge on any atom is 0.226 e. The summed E-state index contributed by atoms with van der Waals surface area (Å²) in [6, 6.07) is 9.98. The molecule has 1 N–H and O–H groups in total. The molecule has 0 saturated carbocycles. The van der Waals surface area contributed by atoms with E-state index in [4.69, 9.17) is 0 Å². The molecule has 0 spiro atoms. The fourth-order valence-corrected chi connectivity index (χ4v) is 2.12. The van der Waals surface area contributed by atoms with Crippen LogP contribution in [0.25, 0.3) is 0 Å². The Morgan fingerprint density at radius 3 is 2.57 bits per heavy atom. The van der Waals surface area contributed by atoms with Gasteiger partial charge in [-0.15, -0.1) is 0 Å². The van der Waals surface area contributed by atoms with Gasteiger partial charge in [0.25, 0.3) is 0 Å². The molecule has 2 rings (SSSR count). The summed E-state index contributed by atoms with van der Waals surface area (Å²) < 4.78 is 13.2. The first kappa shape index (κ1) is 15.3. The smallest absolute Gasteiger partial charge is 0.226 e. The van der Waals surface area contributed by atoms with Gasteiger partial charge in [0.1, 0.15) is 11.6 Å². The van der Waals surface area contributed by atoms with Gasteiger partial charge in [-0.05, 0) is 22.0 Å². The van der Waals surface area contributed by atoms with Crippen molar-refractivity contribution < 1.29 is 14.0 Å². The molecule has 4 nitrogen and oxygen atoms in total. The van der Waals surface area contributed by atoms with E-state index in [0.717, 1.165) is 6.20 Å². The maximum absolute atomic E-state index is 12.9. The van der Waals surface area contributed by atoms with Gasteiger partial charge in [-0.25, -0.2) is 9.37 Å². The number of carbonyl (C=O) groups excluding carboxylic acids is 2. The first-order chi connectivity index (χ1) is 10.1. The molecule has 0 unspecified atom stereocenters. The molecule has 0 atom stereocenters. The van der Waals surface area contributed by atoms with Crippen LogP contribution in [0.5, 0.6) is 0 Å². The third kappa shape index (κ3) is 4.46. The Bertz CT molecular complexity index is 662. The number of halogens is 2. The van der Waals surface area contributed by atoms with E-state index in [9.17, 15) is 14.0 Å². The van der Waals surface area contributed by atoms with Crippen molar-refractivity contribution in [3.8, 4) is 0 Å². The molecule has 1 heterocycles. The zero-order valence-corrected chi connectivity index (χ0v) is 12.6. The van der Waals surface area contributed by atoms with Crippen LogP contribution >= 0.6 is 15.9 Å². The molecule has 0 aliphatic heterocycles. The number of nitrogens with zero attached hydrogens (tertiary/aromatic N) is 1. The van der Waals surface area contributed by atoms with E-state index in [1.54, 1.807) is 24.3 Å². The van der Waals surface area contributed by atoms with Crippen LogP contribution in [-0.2, 0) is 4.79 Å². The number of hydrogen-bond acceptors (Lipinski definition) is 3. The number of anilines is 1. The fraction of sp³-hybridized carbons (Fsp3) is 0.133. The zero-order valence-electron chi connectivity index (χ0n) is 11.0. The minimum Gasteiger partial charge on any atom is -0.310 e. The molecule has 0 radical (unpaired) electrons. The lowest BCUT2D eigenvalue weighted by atomic mass is 10.1. The van der Waals surface area contributed by atoms with Crippen molar-refractivity contribution in [3.63, 3.8) is 0 Å². The highest BCUT2D eigenvalue weighted by atomic mass is 79.9. The molecule has 0 saturated heterocycles. The molecule has 1 aromatic carbocycles. The van der Waals surface area contributed by atoms with Crippen LogP contribution in [0.15, 0.2) is 47.1 Å². The predicted molar refractivity (Wildman–Crippen MR) is 80.5 cm³/mol. The van der Waals surface area contributed by atoms with Crippen molar-refractivity contribution in [2.45, 2.75) is 12.8 Å². The van der Waals surface area contributed by atoms with Gasteiger partial charge in [-0.3, -0.25) is 9.59 Å². The highest BCUT2D eigenvalue weighted by molar-refractivity contribution is 9.10. The predicted octanol–water partition coefficient (Wildman–Crippen LogP) is 3.58. The second-order valence-electron chi connectivity index (χ2n) is 4.32. The number of rotatable bonds is 5. The van der Waals surface area contributed by atoms with Gasteiger partial charge < -0.3 is 5.32 Å². The average molecular weight is 351 g/mol. The Labute approximate surface area is 129 Å². The number of amides is 1. The van der Waals surface area contributed by atoms with E-state index < -0.39 is 5.82 Å². The SMILES string of the molecule is O=C(CCC(=O)c1ccccc1)Nc1ncc(F)cc1Br. The van der Waals surface area contributed by atoms with Gasteiger partial charge in [-0.2, -0.15) is 0 Å². The number of Topliss-reactive ketones (excluding diaryl/α,β-unsaturated/α-hetero) is 1. The van der Waals surface area contributed by atoms with Crippen LogP contribution in [0.2, 0.25) is 0 Å². The maximum atomic E-state index is 12.9. The Balaban J connectivity index is 1.89. The number of benzene rings is 1. The molecular formula is C15H12BrFN2O2. The molecular weight excluding hydrogens is 339 g/mol. The van der Waals surface area contributed by atoms with E-state index in [0.29, 0.717) is 10.0 Å². The van der Waals surface area contributed by atoms with Crippen LogP contribution < -0.4 is 5.32 Å². The number of ketones is 1. The Hall–Kier alpha value is -2.08. The first-order valence-corrected chi connectivity index (χ1v) is 7.04. The molecule has 0 bridgehead atoms. The number of nitrogens with one attached hydrogen (secondary N) is 1. The molecule has 1 aromatic heterocycles. The van der Waals surface area contributed by atoms with Gasteiger partial charge in [0.2, 0.25) is 5.91 Å². The quantitative estimate of drug-likeness (QED) is 0.838. The molecule has 2 aromatic rings. The van der Waals surface area contributed by atoms with E-state index in [2.05, 4.69) is 26.2 Å². The normalized spacial score (nSPS) is 10.2. The molecule has 108 valence electrons. The van der Waals surface area contributed by atoms with Crippen LogP contribution in [0.1, 0.15) is 23.2 Å². The lowest BCUT2D eigenvalue weighted by molar-refractivity contribution is -0.116. The Morgan fingerprint density at radius 2 is 1.90 bits per heavy atom. The summed E-state index contributed by atoms with van der Waals surface area (Å²) in [5, 5.41) is 2.53. The van der Waals surface area contributed by atoms with Gasteiger partial charge >= 0.3 is 0 Å². The van der Waals surface area contributed by atoms with Gasteiger partial charge in [-0.1, -0.05) is 30.3 Å². The molecule has 6 heteroatoms. The van der Waals surface area contributed by atoms with Crippen molar-refractivity contribution >= 4 is 33.4 Å². The second-order valence-corrected chi connectivity index (χ2v) is 5.18. The summed E-state index contributed by atoms with van der Waals surface area (Å²) in [7, 11) is 0. The van der Waals surface area contributed by atoms with E-state index in [1.165, 1.54) is 6.07 Å². The standard InChI is InChI=1S/C15H12BrFN2O2/c16-12-8-11(17)9-18-15(12)19-14(21)7-6-13(20)10-4-2-1-3-5-10/h1-5,8-9H,6-7H2,(H,18,19,21). The van der Waals surface area contributed by atoms with Gasteiger partial charge in [0, 0.05) is 18.4 Å². The summed E-state index contributed by atoms with van der Waals surface area (Å²) >= 11 is 3.11. The molecule has 21 heavy (non-hydrogen) atoms. The number of hydrogen-bond donors (Lipinski definition) is 1. The van der Waals surface area contributed by atoms with Crippen LogP contribution in [0, 0.1) is 5.82 Å². The summed E-state index contributed by atoms with van der Waals surface area (Å²) in [4.78, 5) is 27.4. The minimum atomic E-state index is -0.501. The monoisotopic (exact) mass is 350 g/mol. The van der Waals surface area contributed by atoms with Gasteiger partial charge in [0.05, 0.1) is 10.7 Å². The van der Waals surface area contributed by atoms with Gasteiger partial charge in [0.15, 0.2) is 5.78 Å². The minimum absolute atomic E-state index is 0.0409. The first-order valence-electron chi connectivity index (χ1n) is 6.25. The number of pyridine rings is 1. The lowest BCUT2D eigenvalue weighted by Crippen LogP contribution is -2.14. The summed E-state index contributed by atoms with van der Waals surface area (Å²) in [6.07, 6.45) is 1.16.